The Morgan fingerprint density at radius 2 is 1.80 bits per heavy atom. The zero-order valence-electron chi connectivity index (χ0n) is 16.5. The fourth-order valence-corrected chi connectivity index (χ4v) is 5.20. The van der Waals surface area contributed by atoms with E-state index in [9.17, 15) is 13.2 Å². The summed E-state index contributed by atoms with van der Waals surface area (Å²) in [6.07, 6.45) is 6.00. The summed E-state index contributed by atoms with van der Waals surface area (Å²) >= 11 is 0. The monoisotopic (exact) mass is 426 g/mol. The van der Waals surface area contributed by atoms with Crippen LogP contribution in [0.2, 0.25) is 0 Å². The summed E-state index contributed by atoms with van der Waals surface area (Å²) in [5.74, 6) is -0.0379. The number of carbonyl (C=O) groups excluding carboxylic acids is 1. The first-order valence-electron chi connectivity index (χ1n) is 9.74. The molecule has 0 unspecified atom stereocenters. The van der Waals surface area contributed by atoms with Crippen molar-refractivity contribution in [1.82, 2.24) is 14.4 Å². The quantitative estimate of drug-likeness (QED) is 0.670. The molecule has 0 bridgehead atoms. The molecule has 9 heteroatoms. The third-order valence-electron chi connectivity index (χ3n) is 5.09. The number of aryl methyl sites for hydroxylation is 1. The molecule has 4 rings (SSSR count). The normalized spacial score (nSPS) is 15.1. The van der Waals surface area contributed by atoms with Crippen molar-refractivity contribution in [2.24, 2.45) is 0 Å². The van der Waals surface area contributed by atoms with E-state index in [4.69, 9.17) is 4.52 Å². The number of hydrogen-bond acceptors (Lipinski definition) is 6. The van der Waals surface area contributed by atoms with E-state index in [-0.39, 0.29) is 10.6 Å². The van der Waals surface area contributed by atoms with Gasteiger partial charge in [-0.1, -0.05) is 17.6 Å². The van der Waals surface area contributed by atoms with E-state index >= 15 is 0 Å². The van der Waals surface area contributed by atoms with Gasteiger partial charge in [0.1, 0.15) is 0 Å². The lowest BCUT2D eigenvalue weighted by atomic mass is 10.2. The molecule has 0 atom stereocenters. The van der Waals surface area contributed by atoms with Crippen LogP contribution < -0.4 is 5.32 Å². The maximum atomic E-state index is 13.1. The number of carbonyl (C=O) groups is 1. The largest absolute Gasteiger partial charge is 0.355 e. The number of sulfonamides is 1. The number of nitrogens with one attached hydrogen (secondary N) is 1. The molecule has 1 saturated heterocycles. The van der Waals surface area contributed by atoms with Crippen LogP contribution in [0.25, 0.3) is 11.3 Å². The Morgan fingerprint density at radius 1 is 1.07 bits per heavy atom. The highest BCUT2D eigenvalue weighted by Gasteiger charge is 2.27. The molecule has 3 heterocycles. The number of pyridine rings is 1. The molecule has 1 aliphatic rings. The molecule has 1 N–H and O–H groups in total. The summed E-state index contributed by atoms with van der Waals surface area (Å²) in [7, 11) is -3.61. The van der Waals surface area contributed by atoms with E-state index in [1.807, 2.05) is 0 Å². The average molecular weight is 426 g/mol. The summed E-state index contributed by atoms with van der Waals surface area (Å²) in [6.45, 7) is 2.80. The van der Waals surface area contributed by atoms with Crippen LogP contribution in [-0.2, 0) is 10.0 Å². The second kappa shape index (κ2) is 8.37. The molecule has 8 nitrogen and oxygen atoms in total. The molecule has 156 valence electrons. The minimum atomic E-state index is -3.61. The first kappa shape index (κ1) is 20.2. The SMILES string of the molecule is Cc1ccc(NC(=O)c2cc(-c3ccncc3)on2)cc1S(=O)(=O)N1CCCCC1. The van der Waals surface area contributed by atoms with Crippen LogP contribution in [0, 0.1) is 6.92 Å². The molecule has 0 saturated carbocycles. The number of hydrogen-bond donors (Lipinski definition) is 1. The molecule has 1 fully saturated rings. The first-order chi connectivity index (χ1) is 14.4. The molecule has 3 aromatic rings. The van der Waals surface area contributed by atoms with Crippen LogP contribution in [-0.4, -0.2) is 41.9 Å². The summed E-state index contributed by atoms with van der Waals surface area (Å²) in [4.78, 5) is 16.8. The van der Waals surface area contributed by atoms with Crippen molar-refractivity contribution in [3.8, 4) is 11.3 Å². The van der Waals surface area contributed by atoms with Crippen LogP contribution in [0.1, 0.15) is 35.3 Å². The Morgan fingerprint density at radius 3 is 2.53 bits per heavy atom. The second-order valence-corrected chi connectivity index (χ2v) is 9.12. The van der Waals surface area contributed by atoms with E-state index in [0.29, 0.717) is 30.1 Å². The second-order valence-electron chi connectivity index (χ2n) is 7.21. The highest BCUT2D eigenvalue weighted by atomic mass is 32.2. The van der Waals surface area contributed by atoms with Gasteiger partial charge in [0.2, 0.25) is 10.0 Å². The van der Waals surface area contributed by atoms with Crippen LogP contribution in [0.4, 0.5) is 5.69 Å². The maximum Gasteiger partial charge on any atom is 0.277 e. The van der Waals surface area contributed by atoms with Gasteiger partial charge >= 0.3 is 0 Å². The fourth-order valence-electron chi connectivity index (χ4n) is 3.43. The van der Waals surface area contributed by atoms with Crippen molar-refractivity contribution >= 4 is 21.6 Å². The molecule has 0 aliphatic carbocycles. The fraction of sp³-hybridized carbons (Fsp3) is 0.286. The van der Waals surface area contributed by atoms with Crippen molar-refractivity contribution in [2.75, 3.05) is 18.4 Å². The Hall–Kier alpha value is -3.04. The number of aromatic nitrogens is 2. The Bertz CT molecular complexity index is 1150. The topological polar surface area (TPSA) is 105 Å². The highest BCUT2D eigenvalue weighted by Crippen LogP contribution is 2.26. The number of rotatable bonds is 5. The molecular weight excluding hydrogens is 404 g/mol. The van der Waals surface area contributed by atoms with Gasteiger partial charge in [-0.3, -0.25) is 9.78 Å². The summed E-state index contributed by atoms with van der Waals surface area (Å²) in [5.41, 5.74) is 1.87. The predicted molar refractivity (Wildman–Crippen MR) is 111 cm³/mol. The summed E-state index contributed by atoms with van der Waals surface area (Å²) < 4.78 is 32.9. The minimum absolute atomic E-state index is 0.0998. The van der Waals surface area contributed by atoms with E-state index in [1.165, 1.54) is 16.4 Å². The lowest BCUT2D eigenvalue weighted by Crippen LogP contribution is -2.36. The molecule has 1 aromatic carbocycles. The standard InChI is InChI=1S/C21H22N4O4S/c1-15-5-6-17(13-20(15)30(27,28)25-11-3-2-4-12-25)23-21(26)18-14-19(29-24-18)16-7-9-22-10-8-16/h5-10,13-14H,2-4,11-12H2,1H3,(H,23,26). The van der Waals surface area contributed by atoms with Crippen molar-refractivity contribution in [2.45, 2.75) is 31.1 Å². The minimum Gasteiger partial charge on any atom is -0.355 e. The van der Waals surface area contributed by atoms with Gasteiger partial charge < -0.3 is 9.84 Å². The molecule has 1 aliphatic heterocycles. The number of anilines is 1. The van der Waals surface area contributed by atoms with E-state index in [0.717, 1.165) is 24.8 Å². The lowest BCUT2D eigenvalue weighted by Gasteiger charge is -2.26. The van der Waals surface area contributed by atoms with Crippen molar-refractivity contribution in [1.29, 1.82) is 0 Å². The van der Waals surface area contributed by atoms with Gasteiger partial charge in [0.15, 0.2) is 11.5 Å². The Labute approximate surface area is 175 Å². The number of piperidine rings is 1. The smallest absolute Gasteiger partial charge is 0.277 e. The van der Waals surface area contributed by atoms with E-state index < -0.39 is 15.9 Å². The van der Waals surface area contributed by atoms with Crippen molar-refractivity contribution < 1.29 is 17.7 Å². The number of nitrogens with zero attached hydrogens (tertiary/aromatic N) is 3. The Kier molecular flexibility index (Phi) is 5.65. The lowest BCUT2D eigenvalue weighted by molar-refractivity contribution is 0.101. The predicted octanol–water partition coefficient (Wildman–Crippen LogP) is 3.47. The molecule has 0 radical (unpaired) electrons. The molecular formula is C21H22N4O4S. The van der Waals surface area contributed by atoms with Gasteiger partial charge in [-0.15, -0.1) is 0 Å². The third kappa shape index (κ3) is 4.12. The van der Waals surface area contributed by atoms with Gasteiger partial charge in [-0.2, -0.15) is 4.31 Å². The zero-order chi connectivity index (χ0) is 21.1. The van der Waals surface area contributed by atoms with Crippen LogP contribution in [0.3, 0.4) is 0 Å². The van der Waals surface area contributed by atoms with Crippen molar-refractivity contribution in [3.05, 3.63) is 60.0 Å². The number of benzene rings is 1. The van der Waals surface area contributed by atoms with Crippen LogP contribution >= 0.6 is 0 Å². The van der Waals surface area contributed by atoms with Crippen LogP contribution in [0.15, 0.2) is 58.2 Å². The van der Waals surface area contributed by atoms with Gasteiger partial charge in [-0.25, -0.2) is 8.42 Å². The highest BCUT2D eigenvalue weighted by molar-refractivity contribution is 7.89. The molecule has 1 amide bonds. The molecule has 0 spiro atoms. The van der Waals surface area contributed by atoms with E-state index in [2.05, 4.69) is 15.5 Å². The Balaban J connectivity index is 1.55. The molecule has 2 aromatic heterocycles. The van der Waals surface area contributed by atoms with Crippen LogP contribution in [0.5, 0.6) is 0 Å². The first-order valence-corrected chi connectivity index (χ1v) is 11.2. The summed E-state index contributed by atoms with van der Waals surface area (Å²) in [5, 5.41) is 6.53. The van der Waals surface area contributed by atoms with Gasteiger partial charge in [0, 0.05) is 42.8 Å². The van der Waals surface area contributed by atoms with E-state index in [1.54, 1.807) is 43.6 Å². The average Bonchev–Trinajstić information content (AvgIpc) is 3.27. The zero-order valence-corrected chi connectivity index (χ0v) is 17.4. The molecule has 30 heavy (non-hydrogen) atoms. The summed E-state index contributed by atoms with van der Waals surface area (Å²) in [6, 6.07) is 9.90. The third-order valence-corrected chi connectivity index (χ3v) is 7.13. The number of amides is 1. The van der Waals surface area contributed by atoms with Gasteiger partial charge in [-0.05, 0) is 49.6 Å². The maximum absolute atomic E-state index is 13.1. The van der Waals surface area contributed by atoms with Gasteiger partial charge in [0.25, 0.3) is 5.91 Å². The van der Waals surface area contributed by atoms with Crippen molar-refractivity contribution in [3.63, 3.8) is 0 Å². The van der Waals surface area contributed by atoms with Gasteiger partial charge in [0.05, 0.1) is 4.90 Å².